The molecule has 0 spiro atoms. The Morgan fingerprint density at radius 2 is 0.463 bits per heavy atom. The first-order valence-corrected chi connectivity index (χ1v) is 23.9. The minimum Gasteiger partial charge on any atom is -0.282 e. The van der Waals surface area contributed by atoms with E-state index in [9.17, 15) is 51.9 Å². The molecule has 0 unspecified atom stereocenters. The normalized spacial score (nSPS) is 12.6. The largest absolute Gasteiger partial charge is 0.295 e. The molecule has 18 heteroatoms. The van der Waals surface area contributed by atoms with Crippen LogP contribution >= 0.6 is 15.8 Å². The molecule has 278 valence electrons. The molecule has 0 aliphatic heterocycles. The Morgan fingerprint density at radius 1 is 0.278 bits per heavy atom. The van der Waals surface area contributed by atoms with E-state index in [1.807, 2.05) is 0 Å². The first-order chi connectivity index (χ1) is 25.4. The van der Waals surface area contributed by atoms with Crippen LogP contribution in [0, 0.1) is 0 Å². The van der Waals surface area contributed by atoms with Crippen molar-refractivity contribution in [3.63, 3.8) is 0 Å². The number of rotatable bonds is 11. The minimum atomic E-state index is -4.91. The maximum absolute atomic E-state index is 12.8. The lowest BCUT2D eigenvalue weighted by atomic mass is 10.1. The van der Waals surface area contributed by atoms with Crippen molar-refractivity contribution in [1.29, 1.82) is 0 Å². The van der Waals surface area contributed by atoms with Crippen LogP contribution in [-0.4, -0.2) is 51.9 Å². The van der Waals surface area contributed by atoms with Crippen molar-refractivity contribution in [2.45, 2.75) is 19.6 Å². The van der Waals surface area contributed by atoms with Gasteiger partial charge >= 0.3 is 0 Å². The highest BCUT2D eigenvalue weighted by atomic mass is 32.2. The fraction of sp³-hybridized carbons (Fsp3) is 0. The van der Waals surface area contributed by atoms with Crippen LogP contribution in [0.4, 0.5) is 0 Å². The topological polar surface area (TPSA) is 217 Å². The van der Waals surface area contributed by atoms with E-state index in [2.05, 4.69) is 0 Å². The van der Waals surface area contributed by atoms with Crippen molar-refractivity contribution in [1.82, 2.24) is 0 Å². The Kier molecular flexibility index (Phi) is 11.1. The Labute approximate surface area is 314 Å². The highest BCUT2D eigenvalue weighted by Crippen LogP contribution is 2.44. The summed E-state index contributed by atoms with van der Waals surface area (Å²) in [5, 5.41) is 0.679. The van der Waals surface area contributed by atoms with Gasteiger partial charge in [0.05, 0.1) is 0 Å². The second-order valence-corrected chi connectivity index (χ2v) is 21.3. The molecule has 4 N–H and O–H groups in total. The number of hydrogen-bond donors (Lipinski definition) is 4. The Bertz CT molecular complexity index is 2520. The van der Waals surface area contributed by atoms with E-state index in [0.717, 1.165) is 24.3 Å². The van der Waals surface area contributed by atoms with Crippen molar-refractivity contribution in [3.8, 4) is 11.1 Å². The predicted molar refractivity (Wildman–Crippen MR) is 209 cm³/mol. The second-order valence-electron chi connectivity index (χ2n) is 11.5. The van der Waals surface area contributed by atoms with E-state index in [-0.39, 0.29) is 21.2 Å². The van der Waals surface area contributed by atoms with E-state index in [1.54, 1.807) is 48.5 Å². The van der Waals surface area contributed by atoms with Crippen LogP contribution in [-0.2, 0) is 40.5 Å². The molecule has 54 heavy (non-hydrogen) atoms. The molecule has 0 aliphatic rings. The molecule has 6 aromatic rings. The average molecular weight is 843 g/mol. The van der Waals surface area contributed by atoms with Crippen molar-refractivity contribution < 1.29 is 51.9 Å². The van der Waals surface area contributed by atoms with Crippen molar-refractivity contribution in [3.05, 3.63) is 146 Å². The van der Waals surface area contributed by atoms with Crippen LogP contribution in [0.25, 0.3) is 11.1 Å². The summed E-state index contributed by atoms with van der Waals surface area (Å²) in [4.78, 5) is -2.07. The molecule has 0 saturated heterocycles. The smallest absolute Gasteiger partial charge is 0.282 e. The van der Waals surface area contributed by atoms with Crippen LogP contribution in [0.15, 0.2) is 165 Å². The molecule has 6 rings (SSSR count). The van der Waals surface area contributed by atoms with Gasteiger partial charge in [0.2, 0.25) is 0 Å². The van der Waals surface area contributed by atoms with Crippen molar-refractivity contribution in [2.75, 3.05) is 0 Å². The van der Waals surface area contributed by atoms with Gasteiger partial charge in [-0.25, -0.2) is 0 Å². The maximum atomic E-state index is 12.8. The third-order valence-corrected chi connectivity index (χ3v) is 17.6. The average Bonchev–Trinajstić information content (AvgIpc) is 3.12. The zero-order valence-corrected chi connectivity index (χ0v) is 32.5. The molecule has 6 aromatic carbocycles. The molecule has 0 bridgehead atoms. The summed E-state index contributed by atoms with van der Waals surface area (Å²) in [5.74, 6) is 0. The lowest BCUT2D eigenvalue weighted by Gasteiger charge is -2.28. The lowest BCUT2D eigenvalue weighted by molar-refractivity contribution is 0.481. The first kappa shape index (κ1) is 39.5. The van der Waals surface area contributed by atoms with Crippen LogP contribution < -0.4 is 31.8 Å². The highest BCUT2D eigenvalue weighted by Gasteiger charge is 2.34. The van der Waals surface area contributed by atoms with Crippen molar-refractivity contribution in [2.24, 2.45) is 0 Å². The zero-order valence-electron chi connectivity index (χ0n) is 27.4. The van der Waals surface area contributed by atoms with Gasteiger partial charge in [0.25, 0.3) is 40.5 Å². The van der Waals surface area contributed by atoms with Gasteiger partial charge in [-0.3, -0.25) is 18.2 Å². The molecule has 0 aliphatic carbocycles. The van der Waals surface area contributed by atoms with Gasteiger partial charge in [-0.05, 0) is 61.8 Å². The molecule has 12 nitrogen and oxygen atoms in total. The summed E-state index contributed by atoms with van der Waals surface area (Å²) >= 11 is 0. The van der Waals surface area contributed by atoms with Gasteiger partial charge in [-0.15, -0.1) is 0 Å². The zero-order chi connectivity index (χ0) is 39.1. The molecular formula is C36H28O12P2S4. The molecule has 0 atom stereocenters. The molecule has 0 radical (unpaired) electrons. The van der Waals surface area contributed by atoms with Crippen LogP contribution in [0.1, 0.15) is 0 Å². The third-order valence-electron chi connectivity index (χ3n) is 8.12. The van der Waals surface area contributed by atoms with E-state index in [4.69, 9.17) is 0 Å². The van der Waals surface area contributed by atoms with E-state index in [0.29, 0.717) is 21.7 Å². The summed E-state index contributed by atoms with van der Waals surface area (Å²) in [5.41, 5.74) is 0.714. The van der Waals surface area contributed by atoms with E-state index >= 15 is 0 Å². The standard InChI is InChI=1S/C36H28O12P2S4/c37-51(38,39)33-21-9-5-17-29(33)49(30-18-6-10-22-34(30)52(40,41)42)27-15-3-1-13-25(27)26-14-2-4-16-28(26)50(31-19-7-11-23-35(31)53(43,44)45)32-20-8-12-24-36(32)54(46,47)48/h1-24H,(H,37,38,39)(H,40,41,42)(H,43,44,45)(H,46,47,48). The molecule has 0 fully saturated rings. The second kappa shape index (κ2) is 15.2. The molecule has 0 saturated carbocycles. The fourth-order valence-electron chi connectivity index (χ4n) is 6.01. The van der Waals surface area contributed by atoms with Gasteiger partial charge in [-0.1, -0.05) is 121 Å². The number of hydrogen-bond acceptors (Lipinski definition) is 8. The van der Waals surface area contributed by atoms with Crippen LogP contribution in [0.2, 0.25) is 0 Å². The molecule has 0 amide bonds. The van der Waals surface area contributed by atoms with Gasteiger partial charge < -0.3 is 0 Å². The summed E-state index contributed by atoms with van der Waals surface area (Å²) in [6, 6.07) is 34.8. The van der Waals surface area contributed by atoms with E-state index < -0.39 is 75.9 Å². The Balaban J connectivity index is 1.76. The quantitative estimate of drug-likeness (QED) is 0.108. The summed E-state index contributed by atoms with van der Waals surface area (Å²) in [6.07, 6.45) is 0. The van der Waals surface area contributed by atoms with Crippen LogP contribution in [0.5, 0.6) is 0 Å². The van der Waals surface area contributed by atoms with Gasteiger partial charge in [0, 0.05) is 21.2 Å². The predicted octanol–water partition coefficient (Wildman–Crippen LogP) is 3.86. The summed E-state index contributed by atoms with van der Waals surface area (Å²) < 4.78 is 144. The Hall–Kier alpha value is -4.18. The minimum absolute atomic E-state index is 0.00624. The van der Waals surface area contributed by atoms with Crippen LogP contribution in [0.3, 0.4) is 0 Å². The van der Waals surface area contributed by atoms with E-state index in [1.165, 1.54) is 72.8 Å². The SMILES string of the molecule is O=S(=O)(O)c1ccccc1P(c1ccccc1-c1ccccc1P(c1ccccc1S(=O)(=O)O)c1ccccc1S(=O)(=O)O)c1ccccc1S(=O)(=O)O. The third kappa shape index (κ3) is 8.09. The molecule has 0 heterocycles. The van der Waals surface area contributed by atoms with Gasteiger partial charge in [0.15, 0.2) is 0 Å². The Morgan fingerprint density at radius 3 is 0.685 bits per heavy atom. The van der Waals surface area contributed by atoms with Gasteiger partial charge in [0.1, 0.15) is 19.6 Å². The summed E-state index contributed by atoms with van der Waals surface area (Å²) in [6.45, 7) is 0. The lowest BCUT2D eigenvalue weighted by Crippen LogP contribution is -2.31. The highest BCUT2D eigenvalue weighted by molar-refractivity contribution is 7.90. The first-order valence-electron chi connectivity index (χ1n) is 15.4. The summed E-state index contributed by atoms with van der Waals surface area (Å²) in [7, 11) is -24.2. The fourth-order valence-corrected chi connectivity index (χ4v) is 15.8. The maximum Gasteiger partial charge on any atom is 0.295 e. The molecular weight excluding hydrogens is 815 g/mol. The number of benzene rings is 6. The molecule has 0 aromatic heterocycles. The monoisotopic (exact) mass is 842 g/mol. The van der Waals surface area contributed by atoms with Gasteiger partial charge in [-0.2, -0.15) is 33.7 Å². The van der Waals surface area contributed by atoms with Crippen molar-refractivity contribution >= 4 is 88.1 Å².